The van der Waals surface area contributed by atoms with Crippen LogP contribution in [0.1, 0.15) is 33.7 Å². The Bertz CT molecular complexity index is 923. The van der Waals surface area contributed by atoms with Gasteiger partial charge in [-0.25, -0.2) is 8.42 Å². The lowest BCUT2D eigenvalue weighted by atomic mass is 10.3. The molecule has 2 aromatic heterocycles. The van der Waals surface area contributed by atoms with Crippen molar-refractivity contribution < 1.29 is 18.0 Å². The van der Waals surface area contributed by atoms with E-state index in [1.54, 1.807) is 4.90 Å². The fraction of sp³-hybridized carbons (Fsp3) is 0.357. The second-order valence-corrected chi connectivity index (χ2v) is 7.47. The molecule has 134 valence electrons. The number of carbonyl (C=O) groups excluding carboxylic acids is 2. The van der Waals surface area contributed by atoms with Gasteiger partial charge in [-0.1, -0.05) is 0 Å². The third-order valence-corrected chi connectivity index (χ3v) is 5.23. The van der Waals surface area contributed by atoms with E-state index in [0.717, 1.165) is 12.8 Å². The first-order valence-electron chi connectivity index (χ1n) is 7.62. The van der Waals surface area contributed by atoms with Gasteiger partial charge in [0, 0.05) is 32.5 Å². The number of aromatic nitrogens is 3. The van der Waals surface area contributed by atoms with Crippen LogP contribution in [0.25, 0.3) is 0 Å². The van der Waals surface area contributed by atoms with Crippen molar-refractivity contribution in [3.63, 3.8) is 0 Å². The topological polar surface area (TPSA) is 143 Å². The summed E-state index contributed by atoms with van der Waals surface area (Å²) >= 11 is 0. The summed E-state index contributed by atoms with van der Waals surface area (Å²) in [4.78, 5) is 27.9. The monoisotopic (exact) mass is 366 g/mol. The van der Waals surface area contributed by atoms with E-state index in [1.807, 2.05) is 0 Å². The predicted molar refractivity (Wildman–Crippen MR) is 88.5 cm³/mol. The van der Waals surface area contributed by atoms with Crippen LogP contribution in [0.2, 0.25) is 0 Å². The molecule has 1 saturated heterocycles. The Kier molecular flexibility index (Phi) is 4.25. The zero-order valence-electron chi connectivity index (χ0n) is 13.5. The number of hydrogen-bond donors (Lipinski definition) is 3. The summed E-state index contributed by atoms with van der Waals surface area (Å²) in [5, 5.41) is 3.89. The third-order valence-electron chi connectivity index (χ3n) is 3.92. The van der Waals surface area contributed by atoms with Crippen molar-refractivity contribution in [1.82, 2.24) is 19.7 Å². The predicted octanol–water partition coefficient (Wildman–Crippen LogP) is -0.116. The number of anilines is 1. The first-order valence-corrected chi connectivity index (χ1v) is 9.10. The van der Waals surface area contributed by atoms with Gasteiger partial charge in [0.2, 0.25) is 0 Å². The van der Waals surface area contributed by atoms with Crippen LogP contribution >= 0.6 is 0 Å². The van der Waals surface area contributed by atoms with Gasteiger partial charge in [0.25, 0.3) is 21.8 Å². The van der Waals surface area contributed by atoms with Crippen LogP contribution in [0.3, 0.4) is 0 Å². The van der Waals surface area contributed by atoms with E-state index in [-0.39, 0.29) is 27.9 Å². The van der Waals surface area contributed by atoms with Crippen molar-refractivity contribution in [3.05, 3.63) is 29.7 Å². The van der Waals surface area contributed by atoms with Crippen molar-refractivity contribution in [2.75, 3.05) is 17.8 Å². The molecule has 0 unspecified atom stereocenters. The van der Waals surface area contributed by atoms with Gasteiger partial charge in [-0.3, -0.25) is 19.0 Å². The standard InChI is InChI=1S/C14H18N6O4S/c1-19-8-10(12(15)21)13(17-19)18-25(23,24)9-6-11(16-7-9)14(22)20-4-2-3-5-20/h6-8,16H,2-5H2,1H3,(H2,15,21)(H,17,18). The number of carbonyl (C=O) groups is 2. The Morgan fingerprint density at radius 2 is 2.00 bits per heavy atom. The number of likely N-dealkylation sites (tertiary alicyclic amines) is 1. The lowest BCUT2D eigenvalue weighted by molar-refractivity contribution is 0.0787. The van der Waals surface area contributed by atoms with Crippen LogP contribution < -0.4 is 10.5 Å². The minimum Gasteiger partial charge on any atom is -0.365 e. The highest BCUT2D eigenvalue weighted by molar-refractivity contribution is 7.92. The first kappa shape index (κ1) is 17.0. The van der Waals surface area contributed by atoms with Crippen molar-refractivity contribution in [3.8, 4) is 0 Å². The van der Waals surface area contributed by atoms with Gasteiger partial charge in [-0.05, 0) is 18.9 Å². The molecule has 2 amide bonds. The molecule has 0 aliphatic carbocycles. The van der Waals surface area contributed by atoms with Crippen LogP contribution in [-0.4, -0.2) is 53.0 Å². The number of hydrogen-bond acceptors (Lipinski definition) is 5. The highest BCUT2D eigenvalue weighted by Gasteiger charge is 2.25. The third kappa shape index (κ3) is 3.36. The Morgan fingerprint density at radius 3 is 2.64 bits per heavy atom. The highest BCUT2D eigenvalue weighted by Crippen LogP contribution is 2.20. The summed E-state index contributed by atoms with van der Waals surface area (Å²) in [5.74, 6) is -1.21. The zero-order valence-corrected chi connectivity index (χ0v) is 14.3. The van der Waals surface area contributed by atoms with Gasteiger partial charge in [0.15, 0.2) is 5.82 Å². The van der Waals surface area contributed by atoms with Crippen LogP contribution in [0, 0.1) is 0 Å². The molecule has 2 aromatic rings. The largest absolute Gasteiger partial charge is 0.365 e. The number of nitrogens with two attached hydrogens (primary N) is 1. The minimum absolute atomic E-state index is 0.0463. The normalized spacial score (nSPS) is 14.7. The Balaban J connectivity index is 1.84. The zero-order chi connectivity index (χ0) is 18.2. The maximum absolute atomic E-state index is 12.5. The lowest BCUT2D eigenvalue weighted by Gasteiger charge is -2.13. The molecule has 0 bridgehead atoms. The molecule has 1 aliphatic heterocycles. The van der Waals surface area contributed by atoms with Gasteiger partial charge in [-0.15, -0.1) is 0 Å². The summed E-state index contributed by atoms with van der Waals surface area (Å²) in [5.41, 5.74) is 5.36. The number of rotatable bonds is 5. The SMILES string of the molecule is Cn1cc(C(N)=O)c(NS(=O)(=O)c2c[nH]c(C(=O)N3CCCC3)c2)n1. The molecule has 11 heteroatoms. The Hall–Kier alpha value is -2.82. The number of aryl methyl sites for hydroxylation is 1. The van der Waals surface area contributed by atoms with Crippen LogP contribution in [-0.2, 0) is 17.1 Å². The van der Waals surface area contributed by atoms with E-state index in [0.29, 0.717) is 13.1 Å². The molecule has 0 spiro atoms. The molecule has 0 aromatic carbocycles. The van der Waals surface area contributed by atoms with Gasteiger partial charge in [0.1, 0.15) is 16.2 Å². The summed E-state index contributed by atoms with van der Waals surface area (Å²) < 4.78 is 28.5. The van der Waals surface area contributed by atoms with E-state index < -0.39 is 15.9 Å². The summed E-state index contributed by atoms with van der Waals surface area (Å²) in [7, 11) is -2.49. The number of primary amides is 1. The minimum atomic E-state index is -4.03. The average Bonchev–Trinajstić information content (AvgIpc) is 3.26. The van der Waals surface area contributed by atoms with Crippen molar-refractivity contribution in [2.45, 2.75) is 17.7 Å². The highest BCUT2D eigenvalue weighted by atomic mass is 32.2. The quantitative estimate of drug-likeness (QED) is 0.676. The summed E-state index contributed by atoms with van der Waals surface area (Å²) in [6.45, 7) is 1.32. The van der Waals surface area contributed by atoms with Gasteiger partial charge < -0.3 is 15.6 Å². The van der Waals surface area contributed by atoms with Crippen molar-refractivity contribution in [2.24, 2.45) is 12.8 Å². The fourth-order valence-electron chi connectivity index (χ4n) is 2.67. The van der Waals surface area contributed by atoms with Gasteiger partial charge in [0.05, 0.1) is 0 Å². The maximum atomic E-state index is 12.5. The number of amides is 2. The van der Waals surface area contributed by atoms with E-state index in [9.17, 15) is 18.0 Å². The number of H-pyrrole nitrogens is 1. The molecular formula is C14H18N6O4S. The Labute approximate surface area is 144 Å². The molecule has 0 radical (unpaired) electrons. The summed E-state index contributed by atoms with van der Waals surface area (Å²) in [6.07, 6.45) is 4.42. The molecule has 0 saturated carbocycles. The number of sulfonamides is 1. The Morgan fingerprint density at radius 1 is 1.32 bits per heavy atom. The van der Waals surface area contributed by atoms with E-state index in [4.69, 9.17) is 5.73 Å². The second kappa shape index (κ2) is 6.24. The van der Waals surface area contributed by atoms with E-state index in [1.165, 1.54) is 30.2 Å². The van der Waals surface area contributed by atoms with E-state index in [2.05, 4.69) is 14.8 Å². The second-order valence-electron chi connectivity index (χ2n) is 5.78. The lowest BCUT2D eigenvalue weighted by Crippen LogP contribution is -2.27. The molecule has 10 nitrogen and oxygen atoms in total. The smallest absolute Gasteiger partial charge is 0.270 e. The van der Waals surface area contributed by atoms with Crippen LogP contribution in [0.5, 0.6) is 0 Å². The van der Waals surface area contributed by atoms with Crippen LogP contribution in [0.15, 0.2) is 23.4 Å². The van der Waals surface area contributed by atoms with Crippen molar-refractivity contribution >= 4 is 27.7 Å². The average molecular weight is 366 g/mol. The van der Waals surface area contributed by atoms with E-state index >= 15 is 0 Å². The van der Waals surface area contributed by atoms with Crippen molar-refractivity contribution in [1.29, 1.82) is 0 Å². The maximum Gasteiger partial charge on any atom is 0.270 e. The summed E-state index contributed by atoms with van der Waals surface area (Å²) in [6, 6.07) is 1.26. The van der Waals surface area contributed by atoms with Gasteiger partial charge in [-0.2, -0.15) is 5.10 Å². The molecule has 3 rings (SSSR count). The fourth-order valence-corrected chi connectivity index (χ4v) is 3.68. The molecule has 1 aliphatic rings. The molecule has 25 heavy (non-hydrogen) atoms. The molecule has 0 atom stereocenters. The molecule has 1 fully saturated rings. The number of nitrogens with zero attached hydrogens (tertiary/aromatic N) is 3. The number of nitrogens with one attached hydrogen (secondary N) is 2. The van der Waals surface area contributed by atoms with Crippen LogP contribution in [0.4, 0.5) is 5.82 Å². The number of aromatic amines is 1. The van der Waals surface area contributed by atoms with Gasteiger partial charge >= 0.3 is 0 Å². The molecule has 3 heterocycles. The molecular weight excluding hydrogens is 348 g/mol. The molecule has 4 N–H and O–H groups in total. The first-order chi connectivity index (χ1) is 11.8.